The van der Waals surface area contributed by atoms with Crippen LogP contribution in [0.25, 0.3) is 0 Å². The van der Waals surface area contributed by atoms with Crippen molar-refractivity contribution in [3.05, 3.63) is 0 Å². The molecule has 0 amide bonds. The molecule has 0 spiro atoms. The van der Waals surface area contributed by atoms with Crippen LogP contribution in [-0.4, -0.2) is 25.4 Å². The highest BCUT2D eigenvalue weighted by Crippen LogP contribution is 2.48. The van der Waals surface area contributed by atoms with Crippen molar-refractivity contribution in [1.29, 1.82) is 0 Å². The summed E-state index contributed by atoms with van der Waals surface area (Å²) in [6.07, 6.45) is 0. The van der Waals surface area contributed by atoms with E-state index in [-0.39, 0.29) is 30.8 Å². The summed E-state index contributed by atoms with van der Waals surface area (Å²) >= 11 is 27.1. The predicted molar refractivity (Wildman–Crippen MR) is 70.2 cm³/mol. The quantitative estimate of drug-likeness (QED) is 0.438. The second kappa shape index (κ2) is 4.40. The molecule has 0 saturated heterocycles. The first-order chi connectivity index (χ1) is 5.80. The lowest BCUT2D eigenvalue weighted by molar-refractivity contribution is 0.275. The first-order valence-corrected chi connectivity index (χ1v) is 6.99. The summed E-state index contributed by atoms with van der Waals surface area (Å²) in [4.78, 5) is 0. The van der Waals surface area contributed by atoms with Gasteiger partial charge < -0.3 is 0 Å². The Morgan fingerprint density at radius 1 is 0.923 bits per heavy atom. The van der Waals surface area contributed by atoms with E-state index in [4.69, 9.17) is 46.4 Å². The highest BCUT2D eigenvalue weighted by Gasteiger charge is 2.51. The van der Waals surface area contributed by atoms with E-state index in [1.165, 1.54) is 0 Å². The molecule has 0 bridgehead atoms. The number of hydrogen-bond acceptors (Lipinski definition) is 0. The van der Waals surface area contributed by atoms with Gasteiger partial charge >= 0.3 is 0 Å². The minimum absolute atomic E-state index is 0.116. The van der Waals surface area contributed by atoms with Crippen molar-refractivity contribution >= 4 is 69.0 Å². The van der Waals surface area contributed by atoms with Gasteiger partial charge in [-0.15, -0.1) is 46.4 Å². The van der Waals surface area contributed by atoms with E-state index in [0.29, 0.717) is 0 Å². The topological polar surface area (TPSA) is 0 Å². The number of hydrogen-bond donors (Lipinski definition) is 0. The maximum Gasteiger partial charge on any atom is 0.0637 e. The summed E-state index contributed by atoms with van der Waals surface area (Å²) in [5.74, 6) is 0. The van der Waals surface area contributed by atoms with Crippen LogP contribution in [0, 0.1) is 5.41 Å². The minimum atomic E-state index is -0.219. The van der Waals surface area contributed by atoms with Gasteiger partial charge in [0, 0.05) is 9.34 Å². The van der Waals surface area contributed by atoms with Crippen LogP contribution < -0.4 is 0 Å². The third kappa shape index (κ3) is 2.20. The average molecular weight is 376 g/mol. The van der Waals surface area contributed by atoms with E-state index in [1.807, 2.05) is 13.8 Å². The summed E-state index contributed by atoms with van der Waals surface area (Å²) in [6, 6.07) is 0. The molecule has 0 radical (unpaired) electrons. The van der Waals surface area contributed by atoms with Crippen LogP contribution in [0.15, 0.2) is 0 Å². The van der Waals surface area contributed by atoms with Gasteiger partial charge in [0.25, 0.3) is 0 Å². The number of alkyl halides is 5. The van der Waals surface area contributed by atoms with Gasteiger partial charge in [0.15, 0.2) is 0 Å². The zero-order chi connectivity index (χ0) is 10.4. The first-order valence-electron chi connectivity index (χ1n) is 4.00. The van der Waals surface area contributed by atoms with Crippen molar-refractivity contribution in [2.45, 2.75) is 39.3 Å². The van der Waals surface area contributed by atoms with E-state index in [2.05, 4.69) is 22.6 Å². The molecule has 0 aromatic carbocycles. The molecule has 78 valence electrons. The molecular weight excluding hydrogens is 365 g/mol. The van der Waals surface area contributed by atoms with Crippen molar-refractivity contribution < 1.29 is 0 Å². The summed E-state index contributed by atoms with van der Waals surface area (Å²) in [5.41, 5.74) is -0.219. The van der Waals surface area contributed by atoms with Gasteiger partial charge in [-0.1, -0.05) is 36.4 Å². The number of halogens is 5. The standard InChI is InChI=1S/C8H11Cl4I/c1-8(2)6(11)3(9)5(13)4(10)7(8)12/h3-7H,1-2H3. The second-order valence-electron chi connectivity index (χ2n) is 3.96. The summed E-state index contributed by atoms with van der Waals surface area (Å²) in [6.45, 7) is 4.02. The van der Waals surface area contributed by atoms with Gasteiger partial charge in [0.2, 0.25) is 0 Å². The summed E-state index contributed by atoms with van der Waals surface area (Å²) < 4.78 is 0.124. The van der Waals surface area contributed by atoms with Gasteiger partial charge in [0.05, 0.1) is 21.5 Å². The van der Waals surface area contributed by atoms with Crippen molar-refractivity contribution in [2.75, 3.05) is 0 Å². The van der Waals surface area contributed by atoms with Crippen molar-refractivity contribution in [3.8, 4) is 0 Å². The third-order valence-electron chi connectivity index (χ3n) is 2.59. The van der Waals surface area contributed by atoms with Gasteiger partial charge in [0.1, 0.15) is 0 Å². The van der Waals surface area contributed by atoms with Gasteiger partial charge in [-0.25, -0.2) is 0 Å². The highest BCUT2D eigenvalue weighted by molar-refractivity contribution is 14.1. The molecule has 0 aromatic heterocycles. The van der Waals surface area contributed by atoms with Gasteiger partial charge in [-0.05, 0) is 0 Å². The Kier molecular flexibility index (Phi) is 4.39. The van der Waals surface area contributed by atoms with Crippen LogP contribution in [0.3, 0.4) is 0 Å². The largest absolute Gasteiger partial charge is 0.121 e. The smallest absolute Gasteiger partial charge is 0.0637 e. The van der Waals surface area contributed by atoms with Crippen molar-refractivity contribution in [1.82, 2.24) is 0 Å². The van der Waals surface area contributed by atoms with Gasteiger partial charge in [-0.2, -0.15) is 0 Å². The molecule has 0 aliphatic heterocycles. The third-order valence-corrected chi connectivity index (χ3v) is 7.96. The molecule has 0 N–H and O–H groups in total. The van der Waals surface area contributed by atoms with E-state index in [9.17, 15) is 0 Å². The fourth-order valence-electron chi connectivity index (χ4n) is 1.47. The Morgan fingerprint density at radius 2 is 1.23 bits per heavy atom. The Labute approximate surface area is 113 Å². The Bertz CT molecular complexity index is 179. The Morgan fingerprint density at radius 3 is 1.54 bits per heavy atom. The molecule has 13 heavy (non-hydrogen) atoms. The molecule has 1 fully saturated rings. The molecular formula is C8H11Cl4I. The van der Waals surface area contributed by atoms with Crippen LogP contribution >= 0.6 is 69.0 Å². The summed E-state index contributed by atoms with van der Waals surface area (Å²) in [5, 5.41) is -0.494. The van der Waals surface area contributed by atoms with Crippen LogP contribution in [0.2, 0.25) is 0 Å². The molecule has 0 nitrogen and oxygen atoms in total. The SMILES string of the molecule is CC1(C)C(Cl)C(Cl)C(I)C(Cl)C1Cl. The molecule has 0 aromatic rings. The molecule has 4 atom stereocenters. The maximum absolute atomic E-state index is 6.23. The molecule has 1 aliphatic rings. The molecule has 4 unspecified atom stereocenters. The van der Waals surface area contributed by atoms with Crippen molar-refractivity contribution in [3.63, 3.8) is 0 Å². The average Bonchev–Trinajstić information content (AvgIpc) is 2.09. The fourth-order valence-corrected chi connectivity index (χ4v) is 4.48. The Balaban J connectivity index is 2.93. The fraction of sp³-hybridized carbons (Fsp3) is 1.00. The van der Waals surface area contributed by atoms with Crippen LogP contribution in [0.5, 0.6) is 0 Å². The van der Waals surface area contributed by atoms with E-state index < -0.39 is 0 Å². The van der Waals surface area contributed by atoms with E-state index in [0.717, 1.165) is 0 Å². The van der Waals surface area contributed by atoms with E-state index >= 15 is 0 Å². The highest BCUT2D eigenvalue weighted by atomic mass is 127. The van der Waals surface area contributed by atoms with Crippen LogP contribution in [0.4, 0.5) is 0 Å². The lowest BCUT2D eigenvalue weighted by Gasteiger charge is -2.46. The second-order valence-corrected chi connectivity index (χ2v) is 7.34. The molecule has 0 heterocycles. The van der Waals surface area contributed by atoms with Gasteiger partial charge in [-0.3, -0.25) is 0 Å². The molecule has 5 heteroatoms. The van der Waals surface area contributed by atoms with E-state index in [1.54, 1.807) is 0 Å². The lowest BCUT2D eigenvalue weighted by Crippen LogP contribution is -2.55. The zero-order valence-corrected chi connectivity index (χ0v) is 12.5. The monoisotopic (exact) mass is 374 g/mol. The molecule has 1 saturated carbocycles. The minimum Gasteiger partial charge on any atom is -0.121 e. The van der Waals surface area contributed by atoms with Crippen LogP contribution in [-0.2, 0) is 0 Å². The zero-order valence-electron chi connectivity index (χ0n) is 7.28. The first kappa shape index (κ1) is 13.0. The molecule has 1 aliphatic carbocycles. The normalized spacial score (nSPS) is 50.5. The van der Waals surface area contributed by atoms with Crippen molar-refractivity contribution in [2.24, 2.45) is 5.41 Å². The van der Waals surface area contributed by atoms with Crippen LogP contribution in [0.1, 0.15) is 13.8 Å². The summed E-state index contributed by atoms with van der Waals surface area (Å²) in [7, 11) is 0. The Hall–Kier alpha value is 1.89. The number of rotatable bonds is 0. The lowest BCUT2D eigenvalue weighted by atomic mass is 9.76. The maximum atomic E-state index is 6.23. The molecule has 1 rings (SSSR count). The predicted octanol–water partition coefficient (Wildman–Crippen LogP) is 4.26.